The quantitative estimate of drug-likeness (QED) is 0.923. The van der Waals surface area contributed by atoms with Crippen LogP contribution in [0.25, 0.3) is 0 Å². The van der Waals surface area contributed by atoms with Gasteiger partial charge in [-0.3, -0.25) is 9.59 Å². The lowest BCUT2D eigenvalue weighted by atomic mass is 9.68. The molecule has 1 aromatic rings. The average molecular weight is 326 g/mol. The molecule has 2 bridgehead atoms. The number of amides is 2. The number of fused-ring (bicyclic) bond motifs is 2. The molecule has 0 spiro atoms. The molecule has 2 saturated carbocycles. The van der Waals surface area contributed by atoms with Crippen molar-refractivity contribution in [2.24, 2.45) is 28.9 Å². The van der Waals surface area contributed by atoms with Crippen LogP contribution in [-0.2, 0) is 16.0 Å². The lowest BCUT2D eigenvalue weighted by Gasteiger charge is -2.39. The van der Waals surface area contributed by atoms with E-state index in [1.165, 1.54) is 24.8 Å². The summed E-state index contributed by atoms with van der Waals surface area (Å²) in [6, 6.07) is 10.4. The fourth-order valence-electron chi connectivity index (χ4n) is 5.45. The molecule has 1 aliphatic heterocycles. The van der Waals surface area contributed by atoms with Gasteiger partial charge in [0.25, 0.3) is 0 Å². The predicted octanol–water partition coefficient (Wildman–Crippen LogP) is 2.37. The number of benzene rings is 1. The molecule has 2 amide bonds. The number of hydrogen-bond donors (Lipinski definition) is 1. The number of hydrogen-bond acceptors (Lipinski definition) is 2. The Hall–Kier alpha value is -1.84. The molecule has 4 rings (SSSR count). The Bertz CT molecular complexity index is 644. The number of primary amides is 1. The van der Waals surface area contributed by atoms with Crippen molar-refractivity contribution in [1.29, 1.82) is 0 Å². The van der Waals surface area contributed by atoms with Gasteiger partial charge in [0.05, 0.1) is 11.3 Å². The first-order valence-electron chi connectivity index (χ1n) is 9.21. The highest BCUT2D eigenvalue weighted by Crippen LogP contribution is 2.58. The third-order valence-electron chi connectivity index (χ3n) is 6.64. The van der Waals surface area contributed by atoms with Crippen molar-refractivity contribution in [2.75, 3.05) is 13.1 Å². The van der Waals surface area contributed by atoms with Gasteiger partial charge < -0.3 is 10.6 Å². The standard InChI is InChI=1S/C20H26N2O2/c21-18(23)16-8-9-22(13-16)19(24)20(11-14-4-2-1-3-5-14)12-15-6-7-17(20)10-15/h1-5,15-17H,6-13H2,(H2,21,23)/t15-,16+,17-,20+/m0/s1. The Kier molecular flexibility index (Phi) is 3.86. The molecule has 24 heavy (non-hydrogen) atoms. The summed E-state index contributed by atoms with van der Waals surface area (Å²) >= 11 is 0. The van der Waals surface area contributed by atoms with Crippen LogP contribution in [0.4, 0.5) is 0 Å². The van der Waals surface area contributed by atoms with E-state index in [2.05, 4.69) is 24.3 Å². The second-order valence-corrected chi connectivity index (χ2v) is 8.04. The molecule has 1 heterocycles. The SMILES string of the molecule is NC(=O)[C@@H]1CCN(C(=O)[C@]2(Cc3ccccc3)C[C@H]3CC[C@H]2C3)C1. The zero-order valence-corrected chi connectivity index (χ0v) is 14.1. The van der Waals surface area contributed by atoms with E-state index in [9.17, 15) is 9.59 Å². The summed E-state index contributed by atoms with van der Waals surface area (Å²) in [5, 5.41) is 0. The van der Waals surface area contributed by atoms with E-state index in [1.807, 2.05) is 11.0 Å². The highest BCUT2D eigenvalue weighted by atomic mass is 16.2. The molecule has 0 unspecified atom stereocenters. The van der Waals surface area contributed by atoms with Crippen LogP contribution in [0.2, 0.25) is 0 Å². The second kappa shape index (κ2) is 5.91. The van der Waals surface area contributed by atoms with E-state index in [-0.39, 0.29) is 23.1 Å². The van der Waals surface area contributed by atoms with Gasteiger partial charge in [0.2, 0.25) is 11.8 Å². The first-order chi connectivity index (χ1) is 11.6. The van der Waals surface area contributed by atoms with Crippen molar-refractivity contribution in [3.63, 3.8) is 0 Å². The lowest BCUT2D eigenvalue weighted by molar-refractivity contribution is -0.144. The summed E-state index contributed by atoms with van der Waals surface area (Å²) in [5.41, 5.74) is 6.45. The summed E-state index contributed by atoms with van der Waals surface area (Å²) in [4.78, 5) is 26.9. The van der Waals surface area contributed by atoms with Crippen molar-refractivity contribution in [3.8, 4) is 0 Å². The highest BCUT2D eigenvalue weighted by molar-refractivity contribution is 5.86. The summed E-state index contributed by atoms with van der Waals surface area (Å²) in [7, 11) is 0. The number of carbonyl (C=O) groups is 2. The van der Waals surface area contributed by atoms with Gasteiger partial charge in [-0.15, -0.1) is 0 Å². The predicted molar refractivity (Wildman–Crippen MR) is 91.9 cm³/mol. The van der Waals surface area contributed by atoms with Crippen LogP contribution in [0.5, 0.6) is 0 Å². The first kappa shape index (κ1) is 15.7. The van der Waals surface area contributed by atoms with Gasteiger partial charge in [-0.25, -0.2) is 0 Å². The number of rotatable bonds is 4. The summed E-state index contributed by atoms with van der Waals surface area (Å²) in [6.45, 7) is 1.20. The molecule has 0 radical (unpaired) electrons. The summed E-state index contributed by atoms with van der Waals surface area (Å²) < 4.78 is 0. The molecule has 3 aliphatic rings. The Morgan fingerprint density at radius 3 is 2.54 bits per heavy atom. The van der Waals surface area contributed by atoms with Gasteiger partial charge in [0, 0.05) is 13.1 Å². The van der Waals surface area contributed by atoms with Gasteiger partial charge in [-0.2, -0.15) is 0 Å². The molecule has 4 nitrogen and oxygen atoms in total. The van der Waals surface area contributed by atoms with Crippen LogP contribution in [0.1, 0.15) is 37.7 Å². The minimum absolute atomic E-state index is 0.165. The van der Waals surface area contributed by atoms with E-state index in [1.54, 1.807) is 0 Å². The summed E-state index contributed by atoms with van der Waals surface area (Å²) in [5.74, 6) is 1.05. The van der Waals surface area contributed by atoms with Gasteiger partial charge >= 0.3 is 0 Å². The Balaban J connectivity index is 1.59. The molecule has 2 N–H and O–H groups in total. The van der Waals surface area contributed by atoms with E-state index >= 15 is 0 Å². The van der Waals surface area contributed by atoms with Crippen LogP contribution in [-0.4, -0.2) is 29.8 Å². The molecule has 1 saturated heterocycles. The number of likely N-dealkylation sites (tertiary alicyclic amines) is 1. The van der Waals surface area contributed by atoms with Crippen molar-refractivity contribution in [3.05, 3.63) is 35.9 Å². The largest absolute Gasteiger partial charge is 0.369 e. The van der Waals surface area contributed by atoms with Gasteiger partial charge in [0.1, 0.15) is 0 Å². The maximum absolute atomic E-state index is 13.5. The molecule has 4 heteroatoms. The van der Waals surface area contributed by atoms with E-state index in [0.29, 0.717) is 24.9 Å². The molecule has 1 aromatic carbocycles. The topological polar surface area (TPSA) is 63.4 Å². The second-order valence-electron chi connectivity index (χ2n) is 8.04. The maximum Gasteiger partial charge on any atom is 0.229 e. The van der Waals surface area contributed by atoms with Gasteiger partial charge in [0.15, 0.2) is 0 Å². The Morgan fingerprint density at radius 1 is 1.17 bits per heavy atom. The first-order valence-corrected chi connectivity index (χ1v) is 9.21. The van der Waals surface area contributed by atoms with Crippen molar-refractivity contribution in [1.82, 2.24) is 4.90 Å². The third-order valence-corrected chi connectivity index (χ3v) is 6.64. The van der Waals surface area contributed by atoms with Crippen LogP contribution in [0.15, 0.2) is 30.3 Å². The van der Waals surface area contributed by atoms with Crippen molar-refractivity contribution < 1.29 is 9.59 Å². The van der Waals surface area contributed by atoms with Gasteiger partial charge in [-0.1, -0.05) is 36.8 Å². The molecule has 4 atom stereocenters. The minimum atomic E-state index is -0.268. The lowest BCUT2D eigenvalue weighted by Crippen LogP contribution is -2.47. The third kappa shape index (κ3) is 2.52. The monoisotopic (exact) mass is 326 g/mol. The fourth-order valence-corrected chi connectivity index (χ4v) is 5.45. The zero-order chi connectivity index (χ0) is 16.7. The van der Waals surface area contributed by atoms with Gasteiger partial charge in [-0.05, 0) is 49.5 Å². The molecular formula is C20H26N2O2. The zero-order valence-electron chi connectivity index (χ0n) is 14.1. The number of nitrogens with two attached hydrogens (primary N) is 1. The Labute approximate surface area is 143 Å². The van der Waals surface area contributed by atoms with Crippen LogP contribution in [0, 0.1) is 23.2 Å². The molecule has 128 valence electrons. The van der Waals surface area contributed by atoms with E-state index in [0.717, 1.165) is 19.3 Å². The van der Waals surface area contributed by atoms with E-state index in [4.69, 9.17) is 5.73 Å². The molecular weight excluding hydrogens is 300 g/mol. The van der Waals surface area contributed by atoms with Crippen LogP contribution >= 0.6 is 0 Å². The number of carbonyl (C=O) groups excluding carboxylic acids is 2. The maximum atomic E-state index is 13.5. The van der Waals surface area contributed by atoms with Crippen LogP contribution < -0.4 is 5.73 Å². The highest BCUT2D eigenvalue weighted by Gasteiger charge is 2.56. The summed E-state index contributed by atoms with van der Waals surface area (Å²) in [6.07, 6.45) is 6.23. The number of nitrogens with zero attached hydrogens (tertiary/aromatic N) is 1. The van der Waals surface area contributed by atoms with Crippen LogP contribution in [0.3, 0.4) is 0 Å². The van der Waals surface area contributed by atoms with Crippen molar-refractivity contribution >= 4 is 11.8 Å². The smallest absolute Gasteiger partial charge is 0.229 e. The Morgan fingerprint density at radius 2 is 1.96 bits per heavy atom. The van der Waals surface area contributed by atoms with Crippen molar-refractivity contribution in [2.45, 2.75) is 38.5 Å². The normalized spacial score (nSPS) is 34.7. The molecule has 2 aliphatic carbocycles. The average Bonchev–Trinajstić information content (AvgIpc) is 3.31. The molecule has 3 fully saturated rings. The molecule has 0 aromatic heterocycles. The minimum Gasteiger partial charge on any atom is -0.369 e. The van der Waals surface area contributed by atoms with E-state index < -0.39 is 0 Å². The fraction of sp³-hybridized carbons (Fsp3) is 0.600.